The molecule has 0 saturated heterocycles. The van der Waals surface area contributed by atoms with E-state index in [2.05, 4.69) is 27.2 Å². The first-order chi connectivity index (χ1) is 9.67. The van der Waals surface area contributed by atoms with Gasteiger partial charge in [-0.25, -0.2) is 4.98 Å². The van der Waals surface area contributed by atoms with Crippen LogP contribution in [-0.4, -0.2) is 19.1 Å². The summed E-state index contributed by atoms with van der Waals surface area (Å²) in [6, 6.07) is 13.4. The molecular formula is C15H13N3OS. The third kappa shape index (κ3) is 2.28. The van der Waals surface area contributed by atoms with Gasteiger partial charge in [-0.3, -0.25) is 0 Å². The van der Waals surface area contributed by atoms with Crippen molar-refractivity contribution in [2.75, 3.05) is 19.0 Å². The number of benzene rings is 2. The van der Waals surface area contributed by atoms with E-state index in [0.717, 1.165) is 26.5 Å². The summed E-state index contributed by atoms with van der Waals surface area (Å²) in [6.07, 6.45) is 0. The molecule has 1 aromatic heterocycles. The van der Waals surface area contributed by atoms with Crippen LogP contribution in [0.2, 0.25) is 0 Å². The molecule has 0 N–H and O–H groups in total. The van der Waals surface area contributed by atoms with E-state index in [1.54, 1.807) is 23.5 Å². The van der Waals surface area contributed by atoms with Crippen molar-refractivity contribution < 1.29 is 0 Å². The number of nitroso groups, excluding NO2 is 1. The molecule has 100 valence electrons. The van der Waals surface area contributed by atoms with Crippen molar-refractivity contribution in [1.82, 2.24) is 4.98 Å². The van der Waals surface area contributed by atoms with Crippen LogP contribution in [0, 0.1) is 4.91 Å². The summed E-state index contributed by atoms with van der Waals surface area (Å²) in [7, 11) is 4.04. The molecule has 1 heterocycles. The predicted octanol–water partition coefficient (Wildman–Crippen LogP) is 4.43. The molecule has 2 aromatic carbocycles. The molecule has 0 amide bonds. The van der Waals surface area contributed by atoms with Gasteiger partial charge in [-0.1, -0.05) is 0 Å². The van der Waals surface area contributed by atoms with Crippen LogP contribution in [-0.2, 0) is 0 Å². The Morgan fingerprint density at radius 2 is 1.85 bits per heavy atom. The normalized spacial score (nSPS) is 10.7. The van der Waals surface area contributed by atoms with E-state index < -0.39 is 0 Å². The second-order valence-corrected chi connectivity index (χ2v) is 5.73. The van der Waals surface area contributed by atoms with Crippen LogP contribution in [0.4, 0.5) is 11.4 Å². The van der Waals surface area contributed by atoms with Crippen LogP contribution in [0.25, 0.3) is 20.8 Å². The minimum Gasteiger partial charge on any atom is -0.378 e. The number of rotatable bonds is 3. The van der Waals surface area contributed by atoms with Gasteiger partial charge in [-0.05, 0) is 47.6 Å². The molecule has 0 spiro atoms. The third-order valence-electron chi connectivity index (χ3n) is 3.11. The fourth-order valence-electron chi connectivity index (χ4n) is 1.98. The van der Waals surface area contributed by atoms with Gasteiger partial charge >= 0.3 is 0 Å². The third-order valence-corrected chi connectivity index (χ3v) is 4.18. The first-order valence-corrected chi connectivity index (χ1v) is 7.01. The minimum absolute atomic E-state index is 0.435. The summed E-state index contributed by atoms with van der Waals surface area (Å²) < 4.78 is 1.16. The smallest absolute Gasteiger partial charge is 0.124 e. The van der Waals surface area contributed by atoms with Gasteiger partial charge in [-0.15, -0.1) is 16.2 Å². The Morgan fingerprint density at radius 1 is 1.10 bits per heavy atom. The lowest BCUT2D eigenvalue weighted by Gasteiger charge is -2.11. The van der Waals surface area contributed by atoms with Crippen LogP contribution >= 0.6 is 11.3 Å². The molecule has 4 nitrogen and oxygen atoms in total. The zero-order chi connectivity index (χ0) is 14.1. The maximum atomic E-state index is 10.4. The lowest BCUT2D eigenvalue weighted by molar-refractivity contribution is 1.14. The van der Waals surface area contributed by atoms with E-state index in [9.17, 15) is 4.91 Å². The molecule has 0 radical (unpaired) electrons. The van der Waals surface area contributed by atoms with Crippen molar-refractivity contribution in [2.24, 2.45) is 5.18 Å². The van der Waals surface area contributed by atoms with Gasteiger partial charge in [0.2, 0.25) is 0 Å². The molecule has 0 aliphatic rings. The van der Waals surface area contributed by atoms with Crippen molar-refractivity contribution >= 4 is 32.9 Å². The van der Waals surface area contributed by atoms with Gasteiger partial charge < -0.3 is 4.90 Å². The van der Waals surface area contributed by atoms with E-state index in [-0.39, 0.29) is 0 Å². The average Bonchev–Trinajstić information content (AvgIpc) is 2.90. The fraction of sp³-hybridized carbons (Fsp3) is 0.133. The van der Waals surface area contributed by atoms with Gasteiger partial charge in [0.05, 0.1) is 10.2 Å². The zero-order valence-corrected chi connectivity index (χ0v) is 12.0. The largest absolute Gasteiger partial charge is 0.378 e. The molecule has 5 heteroatoms. The van der Waals surface area contributed by atoms with E-state index >= 15 is 0 Å². The number of aromatic nitrogens is 1. The van der Waals surface area contributed by atoms with Gasteiger partial charge in [0.1, 0.15) is 10.7 Å². The molecule has 0 fully saturated rings. The SMILES string of the molecule is CN(C)c1ccc2nc(-c3ccc(N=O)cc3)sc2c1. The van der Waals surface area contributed by atoms with Crippen LogP contribution < -0.4 is 4.90 Å². The molecule has 0 bridgehead atoms. The lowest BCUT2D eigenvalue weighted by atomic mass is 10.2. The quantitative estimate of drug-likeness (QED) is 0.668. The van der Waals surface area contributed by atoms with E-state index in [0.29, 0.717) is 5.69 Å². The molecule has 20 heavy (non-hydrogen) atoms. The summed E-state index contributed by atoms with van der Waals surface area (Å²) in [5, 5.41) is 3.86. The highest BCUT2D eigenvalue weighted by Gasteiger charge is 2.07. The molecule has 3 rings (SSSR count). The van der Waals surface area contributed by atoms with Gasteiger partial charge in [-0.2, -0.15) is 0 Å². The molecule has 0 atom stereocenters. The van der Waals surface area contributed by atoms with Crippen LogP contribution in [0.3, 0.4) is 0 Å². The van der Waals surface area contributed by atoms with Crippen LogP contribution in [0.1, 0.15) is 0 Å². The highest BCUT2D eigenvalue weighted by Crippen LogP contribution is 2.32. The van der Waals surface area contributed by atoms with Gasteiger partial charge in [0.25, 0.3) is 0 Å². The second kappa shape index (κ2) is 5.02. The minimum atomic E-state index is 0.435. The first kappa shape index (κ1) is 12.7. The number of anilines is 1. The summed E-state index contributed by atoms with van der Waals surface area (Å²) >= 11 is 1.65. The van der Waals surface area contributed by atoms with E-state index in [4.69, 9.17) is 0 Å². The Labute approximate surface area is 120 Å². The van der Waals surface area contributed by atoms with Crippen molar-refractivity contribution in [3.63, 3.8) is 0 Å². The zero-order valence-electron chi connectivity index (χ0n) is 11.2. The Balaban J connectivity index is 2.05. The van der Waals surface area contributed by atoms with Gasteiger partial charge in [0, 0.05) is 25.3 Å². The number of hydrogen-bond donors (Lipinski definition) is 0. The molecular weight excluding hydrogens is 270 g/mol. The first-order valence-electron chi connectivity index (χ1n) is 6.19. The average molecular weight is 283 g/mol. The Hall–Kier alpha value is -2.27. The molecule has 3 aromatic rings. The lowest BCUT2D eigenvalue weighted by Crippen LogP contribution is -2.07. The number of thiazole rings is 1. The highest BCUT2D eigenvalue weighted by molar-refractivity contribution is 7.21. The van der Waals surface area contributed by atoms with Crippen molar-refractivity contribution in [1.29, 1.82) is 0 Å². The monoisotopic (exact) mass is 283 g/mol. The van der Waals surface area contributed by atoms with Crippen molar-refractivity contribution in [3.8, 4) is 10.6 Å². The Bertz CT molecular complexity index is 762. The molecule has 0 saturated carbocycles. The standard InChI is InChI=1S/C15H13N3OS/c1-18(2)12-7-8-13-14(9-12)20-15(16-13)10-3-5-11(17-19)6-4-10/h3-9H,1-2H3. The summed E-state index contributed by atoms with van der Waals surface area (Å²) in [5.74, 6) is 0. The topological polar surface area (TPSA) is 45.6 Å². The number of hydrogen-bond acceptors (Lipinski definition) is 5. The highest BCUT2D eigenvalue weighted by atomic mass is 32.1. The molecule has 0 aliphatic carbocycles. The molecule has 0 aliphatic heterocycles. The molecule has 0 unspecified atom stereocenters. The van der Waals surface area contributed by atoms with Gasteiger partial charge in [0.15, 0.2) is 0 Å². The fourth-order valence-corrected chi connectivity index (χ4v) is 2.98. The Morgan fingerprint density at radius 3 is 2.50 bits per heavy atom. The maximum Gasteiger partial charge on any atom is 0.124 e. The van der Waals surface area contributed by atoms with E-state index in [1.807, 2.05) is 32.3 Å². The van der Waals surface area contributed by atoms with Crippen LogP contribution in [0.5, 0.6) is 0 Å². The number of nitrogens with zero attached hydrogens (tertiary/aromatic N) is 3. The maximum absolute atomic E-state index is 10.4. The van der Waals surface area contributed by atoms with Crippen LogP contribution in [0.15, 0.2) is 47.6 Å². The van der Waals surface area contributed by atoms with Crippen molar-refractivity contribution in [2.45, 2.75) is 0 Å². The second-order valence-electron chi connectivity index (χ2n) is 4.70. The predicted molar refractivity (Wildman–Crippen MR) is 84.8 cm³/mol. The van der Waals surface area contributed by atoms with E-state index in [1.165, 1.54) is 0 Å². The summed E-state index contributed by atoms with van der Waals surface area (Å²) in [5.41, 5.74) is 3.59. The Kier molecular flexibility index (Phi) is 3.20. The van der Waals surface area contributed by atoms with Crippen molar-refractivity contribution in [3.05, 3.63) is 47.4 Å². The summed E-state index contributed by atoms with van der Waals surface area (Å²) in [4.78, 5) is 17.1. The number of fused-ring (bicyclic) bond motifs is 1. The summed E-state index contributed by atoms with van der Waals surface area (Å²) in [6.45, 7) is 0.